The molecule has 0 aromatic carbocycles. The van der Waals surface area contributed by atoms with Crippen LogP contribution in [0.3, 0.4) is 0 Å². The minimum absolute atomic E-state index is 0.117. The van der Waals surface area contributed by atoms with E-state index in [0.717, 1.165) is 24.8 Å². The van der Waals surface area contributed by atoms with Gasteiger partial charge in [-0.15, -0.1) is 0 Å². The Labute approximate surface area is 161 Å². The first-order valence-corrected chi connectivity index (χ1v) is 11.2. The lowest BCUT2D eigenvalue weighted by Gasteiger charge is -2.38. The van der Waals surface area contributed by atoms with Gasteiger partial charge in [-0.05, 0) is 83.5 Å². The Morgan fingerprint density at radius 3 is 2.50 bits per heavy atom. The van der Waals surface area contributed by atoms with Gasteiger partial charge in [-0.3, -0.25) is 0 Å². The number of hydrogen-bond donors (Lipinski definition) is 1. The van der Waals surface area contributed by atoms with E-state index in [2.05, 4.69) is 36.1 Å². The lowest BCUT2D eigenvalue weighted by Crippen LogP contribution is -2.42. The maximum absolute atomic E-state index is 5.97. The van der Waals surface area contributed by atoms with Crippen LogP contribution >= 0.6 is 0 Å². The molecular formula is C22H41N3O. The third-order valence-electron chi connectivity index (χ3n) is 7.50. The van der Waals surface area contributed by atoms with Crippen LogP contribution in [0.4, 0.5) is 0 Å². The highest BCUT2D eigenvalue weighted by molar-refractivity contribution is 5.87. The average molecular weight is 364 g/mol. The van der Waals surface area contributed by atoms with Crippen molar-refractivity contribution in [2.75, 3.05) is 39.3 Å². The summed E-state index contributed by atoms with van der Waals surface area (Å²) in [5.74, 6) is 2.19. The van der Waals surface area contributed by atoms with Crippen LogP contribution < -0.4 is 5.32 Å². The van der Waals surface area contributed by atoms with Gasteiger partial charge in [0.15, 0.2) is 0 Å². The van der Waals surface area contributed by atoms with Gasteiger partial charge < -0.3 is 15.1 Å². The lowest BCUT2D eigenvalue weighted by atomic mass is 9.72. The molecule has 0 spiro atoms. The van der Waals surface area contributed by atoms with Gasteiger partial charge in [0.2, 0.25) is 0 Å². The van der Waals surface area contributed by atoms with E-state index in [4.69, 9.17) is 4.84 Å². The van der Waals surface area contributed by atoms with Crippen molar-refractivity contribution in [1.29, 1.82) is 0 Å². The van der Waals surface area contributed by atoms with Gasteiger partial charge in [-0.1, -0.05) is 31.8 Å². The van der Waals surface area contributed by atoms with E-state index in [0.29, 0.717) is 11.8 Å². The number of piperidine rings is 2. The molecule has 2 atom stereocenters. The van der Waals surface area contributed by atoms with E-state index in [-0.39, 0.29) is 5.41 Å². The van der Waals surface area contributed by atoms with Crippen LogP contribution in [0, 0.1) is 23.2 Å². The summed E-state index contributed by atoms with van der Waals surface area (Å²) in [5.41, 5.74) is 1.28. The Hall–Kier alpha value is -0.610. The quantitative estimate of drug-likeness (QED) is 0.516. The largest absolute Gasteiger partial charge is 0.395 e. The molecule has 0 aromatic rings. The minimum Gasteiger partial charge on any atom is -0.395 e. The number of rotatable bonds is 8. The van der Waals surface area contributed by atoms with Crippen LogP contribution in [0.15, 0.2) is 5.16 Å². The molecule has 150 valence electrons. The molecule has 0 bridgehead atoms. The van der Waals surface area contributed by atoms with Crippen LogP contribution in [-0.4, -0.2) is 49.9 Å². The van der Waals surface area contributed by atoms with Crippen molar-refractivity contribution in [1.82, 2.24) is 10.2 Å². The summed E-state index contributed by atoms with van der Waals surface area (Å²) in [7, 11) is 0. The fourth-order valence-corrected chi connectivity index (χ4v) is 4.83. The standard InChI is InChI=1S/C22H41N3O/c1-18(22(2,3)21-11-8-12-23-15-21)24-26-17-20(19-9-7-10-19)16-25-13-5-4-6-14-25/h19-21,23H,4-17H2,1-3H3/b24-18+. The van der Waals surface area contributed by atoms with Crippen molar-refractivity contribution in [3.05, 3.63) is 0 Å². The third kappa shape index (κ3) is 5.22. The van der Waals surface area contributed by atoms with Crippen molar-refractivity contribution in [2.45, 2.75) is 72.1 Å². The highest BCUT2D eigenvalue weighted by Crippen LogP contribution is 2.35. The molecule has 1 saturated carbocycles. The number of hydrogen-bond acceptors (Lipinski definition) is 4. The highest BCUT2D eigenvalue weighted by atomic mass is 16.6. The summed E-state index contributed by atoms with van der Waals surface area (Å²) in [6.07, 6.45) is 10.9. The smallest absolute Gasteiger partial charge is 0.121 e. The zero-order valence-corrected chi connectivity index (χ0v) is 17.4. The van der Waals surface area contributed by atoms with Gasteiger partial charge in [0.25, 0.3) is 0 Å². The second-order valence-electron chi connectivity index (χ2n) is 9.55. The Morgan fingerprint density at radius 1 is 1.12 bits per heavy atom. The highest BCUT2D eigenvalue weighted by Gasteiger charge is 2.34. The first kappa shape index (κ1) is 20.1. The number of likely N-dealkylation sites (tertiary alicyclic amines) is 1. The summed E-state index contributed by atoms with van der Waals surface area (Å²) in [6.45, 7) is 13.7. The van der Waals surface area contributed by atoms with Crippen LogP contribution in [-0.2, 0) is 4.84 Å². The molecule has 2 heterocycles. The topological polar surface area (TPSA) is 36.9 Å². The molecule has 4 nitrogen and oxygen atoms in total. The monoisotopic (exact) mass is 363 g/mol. The summed E-state index contributed by atoms with van der Waals surface area (Å²) in [4.78, 5) is 8.64. The fourth-order valence-electron chi connectivity index (χ4n) is 4.83. The van der Waals surface area contributed by atoms with Gasteiger partial charge >= 0.3 is 0 Å². The first-order valence-electron chi connectivity index (χ1n) is 11.2. The number of nitrogens with zero attached hydrogens (tertiary/aromatic N) is 2. The Bertz CT molecular complexity index is 446. The van der Waals surface area contributed by atoms with Crippen molar-refractivity contribution < 1.29 is 4.84 Å². The van der Waals surface area contributed by atoms with Crippen LogP contribution in [0.2, 0.25) is 0 Å². The van der Waals surface area contributed by atoms with Crippen molar-refractivity contribution in [3.8, 4) is 0 Å². The molecule has 0 aromatic heterocycles. The summed E-state index contributed by atoms with van der Waals surface area (Å²) < 4.78 is 0. The van der Waals surface area contributed by atoms with E-state index >= 15 is 0 Å². The van der Waals surface area contributed by atoms with Gasteiger partial charge in [-0.2, -0.15) is 0 Å². The number of nitrogens with one attached hydrogen (secondary N) is 1. The van der Waals surface area contributed by atoms with Crippen LogP contribution in [0.25, 0.3) is 0 Å². The molecule has 3 aliphatic rings. The van der Waals surface area contributed by atoms with Crippen LogP contribution in [0.1, 0.15) is 72.1 Å². The molecule has 26 heavy (non-hydrogen) atoms. The van der Waals surface area contributed by atoms with E-state index in [9.17, 15) is 0 Å². The minimum atomic E-state index is 0.117. The van der Waals surface area contributed by atoms with E-state index < -0.39 is 0 Å². The van der Waals surface area contributed by atoms with Gasteiger partial charge in [0.05, 0.1) is 5.71 Å². The molecule has 3 rings (SSSR count). The predicted molar refractivity (Wildman–Crippen MR) is 110 cm³/mol. The maximum Gasteiger partial charge on any atom is 0.121 e. The molecule has 0 radical (unpaired) electrons. The average Bonchev–Trinajstić information content (AvgIpc) is 2.61. The molecule has 3 fully saturated rings. The summed E-state index contributed by atoms with van der Waals surface area (Å²) in [6, 6.07) is 0. The van der Waals surface area contributed by atoms with Gasteiger partial charge in [0.1, 0.15) is 6.61 Å². The molecule has 1 aliphatic carbocycles. The maximum atomic E-state index is 5.97. The normalized spacial score (nSPS) is 27.8. The van der Waals surface area contributed by atoms with E-state index in [1.54, 1.807) is 0 Å². The predicted octanol–water partition coefficient (Wildman–Crippen LogP) is 4.31. The van der Waals surface area contributed by atoms with Crippen molar-refractivity contribution in [2.24, 2.45) is 28.3 Å². The Morgan fingerprint density at radius 2 is 1.88 bits per heavy atom. The SMILES string of the molecule is C/C(=N\OCC(CN1CCCCC1)C1CCC1)C(C)(C)C1CCCNC1. The molecular weight excluding hydrogens is 322 g/mol. The fraction of sp³-hybridized carbons (Fsp3) is 0.955. The second kappa shape index (κ2) is 9.54. The Balaban J connectivity index is 1.51. The molecule has 2 saturated heterocycles. The lowest BCUT2D eigenvalue weighted by molar-refractivity contribution is 0.0327. The molecule has 1 N–H and O–H groups in total. The molecule has 4 heteroatoms. The number of oxime groups is 1. The zero-order chi connectivity index (χ0) is 18.4. The van der Waals surface area contributed by atoms with E-state index in [1.165, 1.54) is 77.5 Å². The first-order chi connectivity index (χ1) is 12.6. The zero-order valence-electron chi connectivity index (χ0n) is 17.4. The third-order valence-corrected chi connectivity index (χ3v) is 7.50. The molecule has 0 amide bonds. The van der Waals surface area contributed by atoms with Gasteiger partial charge in [0, 0.05) is 17.9 Å². The van der Waals surface area contributed by atoms with Gasteiger partial charge in [-0.25, -0.2) is 0 Å². The Kier molecular flexibility index (Phi) is 7.39. The van der Waals surface area contributed by atoms with E-state index in [1.807, 2.05) is 0 Å². The summed E-state index contributed by atoms with van der Waals surface area (Å²) in [5, 5.41) is 8.16. The van der Waals surface area contributed by atoms with Crippen molar-refractivity contribution in [3.63, 3.8) is 0 Å². The summed E-state index contributed by atoms with van der Waals surface area (Å²) >= 11 is 0. The molecule has 2 aliphatic heterocycles. The van der Waals surface area contributed by atoms with Crippen LogP contribution in [0.5, 0.6) is 0 Å². The second-order valence-corrected chi connectivity index (χ2v) is 9.55. The molecule has 2 unspecified atom stereocenters. The van der Waals surface area contributed by atoms with Crippen molar-refractivity contribution >= 4 is 5.71 Å².